The monoisotopic (exact) mass is 273 g/mol. The molecular weight excluding hydrogens is 254 g/mol. The highest BCUT2D eigenvalue weighted by Gasteiger charge is 2.06. The predicted molar refractivity (Wildman–Crippen MR) is 83.6 cm³/mol. The van der Waals surface area contributed by atoms with Gasteiger partial charge in [0.25, 0.3) is 0 Å². The second-order valence-corrected chi connectivity index (χ2v) is 5.64. The Hall–Kier alpha value is -1.31. The van der Waals surface area contributed by atoms with Crippen LogP contribution < -0.4 is 5.32 Å². The third-order valence-electron chi connectivity index (χ3n) is 3.10. The van der Waals surface area contributed by atoms with Gasteiger partial charge in [-0.3, -0.25) is 0 Å². The molecule has 1 N–H and O–H groups in total. The summed E-state index contributed by atoms with van der Waals surface area (Å²) in [7, 11) is 0. The number of hydrogen-bond acceptors (Lipinski definition) is 1. The largest absolute Gasteiger partial charge is 0.310 e. The molecule has 0 bridgehead atoms. The molecule has 2 rings (SSSR count). The van der Waals surface area contributed by atoms with Crippen LogP contribution in [-0.4, -0.2) is 6.04 Å². The van der Waals surface area contributed by atoms with E-state index in [0.29, 0.717) is 6.04 Å². The molecule has 1 nitrogen and oxygen atoms in total. The van der Waals surface area contributed by atoms with Crippen molar-refractivity contribution in [3.8, 4) is 11.1 Å². The van der Waals surface area contributed by atoms with Crippen LogP contribution in [0.15, 0.2) is 42.5 Å². The van der Waals surface area contributed by atoms with E-state index in [9.17, 15) is 0 Å². The first-order valence-corrected chi connectivity index (χ1v) is 7.03. The normalized spacial score (nSPS) is 11.0. The summed E-state index contributed by atoms with van der Waals surface area (Å²) in [4.78, 5) is 0. The Morgan fingerprint density at radius 1 is 1.11 bits per heavy atom. The Morgan fingerprint density at radius 3 is 2.58 bits per heavy atom. The number of nitrogens with one attached hydrogen (secondary N) is 1. The van der Waals surface area contributed by atoms with E-state index in [0.717, 1.165) is 11.6 Å². The molecule has 0 spiro atoms. The molecule has 2 aromatic carbocycles. The molecule has 0 unspecified atom stereocenters. The molecule has 0 heterocycles. The number of rotatable bonds is 4. The summed E-state index contributed by atoms with van der Waals surface area (Å²) in [6.45, 7) is 7.31. The van der Waals surface area contributed by atoms with E-state index in [1.165, 1.54) is 22.3 Å². The van der Waals surface area contributed by atoms with Crippen molar-refractivity contribution in [2.45, 2.75) is 33.4 Å². The molecule has 0 radical (unpaired) electrons. The molecule has 0 aliphatic rings. The quantitative estimate of drug-likeness (QED) is 0.843. The van der Waals surface area contributed by atoms with Gasteiger partial charge in [0, 0.05) is 17.6 Å². The molecule has 0 fully saturated rings. The van der Waals surface area contributed by atoms with Crippen LogP contribution in [0, 0.1) is 6.92 Å². The highest BCUT2D eigenvalue weighted by atomic mass is 35.5. The van der Waals surface area contributed by atoms with Gasteiger partial charge in [-0.2, -0.15) is 0 Å². The van der Waals surface area contributed by atoms with E-state index in [-0.39, 0.29) is 0 Å². The number of aryl methyl sites for hydroxylation is 1. The Labute approximate surface area is 120 Å². The van der Waals surface area contributed by atoms with Gasteiger partial charge in [-0.05, 0) is 35.7 Å². The SMILES string of the molecule is Cc1ccc(CNC(C)C)c(-c2cccc(Cl)c2)c1. The van der Waals surface area contributed by atoms with Crippen molar-refractivity contribution >= 4 is 11.6 Å². The van der Waals surface area contributed by atoms with Crippen LogP contribution in [0.25, 0.3) is 11.1 Å². The third-order valence-corrected chi connectivity index (χ3v) is 3.34. The number of hydrogen-bond donors (Lipinski definition) is 1. The summed E-state index contributed by atoms with van der Waals surface area (Å²) >= 11 is 6.10. The molecule has 2 heteroatoms. The summed E-state index contributed by atoms with van der Waals surface area (Å²) in [6.07, 6.45) is 0. The Kier molecular flexibility index (Phi) is 4.62. The topological polar surface area (TPSA) is 12.0 Å². The molecule has 19 heavy (non-hydrogen) atoms. The van der Waals surface area contributed by atoms with E-state index >= 15 is 0 Å². The van der Waals surface area contributed by atoms with Gasteiger partial charge in [0.05, 0.1) is 0 Å². The zero-order valence-corrected chi connectivity index (χ0v) is 12.5. The van der Waals surface area contributed by atoms with Crippen LogP contribution in [0.3, 0.4) is 0 Å². The van der Waals surface area contributed by atoms with Gasteiger partial charge in [-0.25, -0.2) is 0 Å². The van der Waals surface area contributed by atoms with Crippen molar-refractivity contribution in [3.05, 3.63) is 58.6 Å². The number of halogens is 1. The minimum Gasteiger partial charge on any atom is -0.310 e. The molecule has 0 aromatic heterocycles. The fourth-order valence-corrected chi connectivity index (χ4v) is 2.27. The average Bonchev–Trinajstić information content (AvgIpc) is 2.37. The zero-order chi connectivity index (χ0) is 13.8. The summed E-state index contributed by atoms with van der Waals surface area (Å²) in [5.41, 5.74) is 5.01. The van der Waals surface area contributed by atoms with Gasteiger partial charge in [0.2, 0.25) is 0 Å². The van der Waals surface area contributed by atoms with Gasteiger partial charge in [0.15, 0.2) is 0 Å². The molecule has 0 saturated carbocycles. The average molecular weight is 274 g/mol. The Morgan fingerprint density at radius 2 is 1.89 bits per heavy atom. The van der Waals surface area contributed by atoms with Crippen LogP contribution in [-0.2, 0) is 6.54 Å². The zero-order valence-electron chi connectivity index (χ0n) is 11.7. The van der Waals surface area contributed by atoms with Crippen molar-refractivity contribution in [2.75, 3.05) is 0 Å². The minimum atomic E-state index is 0.480. The summed E-state index contributed by atoms with van der Waals surface area (Å²) < 4.78 is 0. The van der Waals surface area contributed by atoms with Gasteiger partial charge < -0.3 is 5.32 Å². The molecule has 0 aliphatic heterocycles. The van der Waals surface area contributed by atoms with Gasteiger partial charge in [-0.1, -0.05) is 61.3 Å². The van der Waals surface area contributed by atoms with E-state index in [2.05, 4.69) is 50.4 Å². The van der Waals surface area contributed by atoms with Crippen molar-refractivity contribution < 1.29 is 0 Å². The van der Waals surface area contributed by atoms with E-state index in [1.807, 2.05) is 18.2 Å². The smallest absolute Gasteiger partial charge is 0.0412 e. The van der Waals surface area contributed by atoms with E-state index < -0.39 is 0 Å². The third kappa shape index (κ3) is 3.82. The second-order valence-electron chi connectivity index (χ2n) is 5.21. The van der Waals surface area contributed by atoms with Crippen LogP contribution >= 0.6 is 11.6 Å². The molecule has 0 atom stereocenters. The first-order chi connectivity index (χ1) is 9.06. The molecule has 0 saturated heterocycles. The maximum Gasteiger partial charge on any atom is 0.0412 e. The van der Waals surface area contributed by atoms with Crippen molar-refractivity contribution in [1.82, 2.24) is 5.32 Å². The lowest BCUT2D eigenvalue weighted by Crippen LogP contribution is -2.22. The van der Waals surface area contributed by atoms with Crippen LogP contribution in [0.4, 0.5) is 0 Å². The van der Waals surface area contributed by atoms with Gasteiger partial charge in [-0.15, -0.1) is 0 Å². The van der Waals surface area contributed by atoms with Crippen LogP contribution in [0.5, 0.6) is 0 Å². The summed E-state index contributed by atoms with van der Waals surface area (Å²) in [6, 6.07) is 15.1. The molecule has 100 valence electrons. The summed E-state index contributed by atoms with van der Waals surface area (Å²) in [5.74, 6) is 0. The van der Waals surface area contributed by atoms with Crippen LogP contribution in [0.2, 0.25) is 5.02 Å². The lowest BCUT2D eigenvalue weighted by molar-refractivity contribution is 0.589. The van der Waals surface area contributed by atoms with Crippen molar-refractivity contribution in [1.29, 1.82) is 0 Å². The maximum atomic E-state index is 6.10. The second kappa shape index (κ2) is 6.23. The molecule has 0 amide bonds. The first kappa shape index (κ1) is 14.1. The maximum absolute atomic E-state index is 6.10. The molecule has 0 aliphatic carbocycles. The lowest BCUT2D eigenvalue weighted by atomic mass is 9.97. The van der Waals surface area contributed by atoms with Crippen molar-refractivity contribution in [2.24, 2.45) is 0 Å². The Balaban J connectivity index is 2.39. The highest BCUT2D eigenvalue weighted by molar-refractivity contribution is 6.30. The van der Waals surface area contributed by atoms with Gasteiger partial charge >= 0.3 is 0 Å². The predicted octanol–water partition coefficient (Wildman–Crippen LogP) is 4.81. The number of benzene rings is 2. The van der Waals surface area contributed by atoms with Crippen molar-refractivity contribution in [3.63, 3.8) is 0 Å². The van der Waals surface area contributed by atoms with E-state index in [1.54, 1.807) is 0 Å². The first-order valence-electron chi connectivity index (χ1n) is 6.65. The molecular formula is C17H20ClN. The lowest BCUT2D eigenvalue weighted by Gasteiger charge is -2.14. The summed E-state index contributed by atoms with van der Waals surface area (Å²) in [5, 5.41) is 4.25. The highest BCUT2D eigenvalue weighted by Crippen LogP contribution is 2.27. The minimum absolute atomic E-state index is 0.480. The fraction of sp³-hybridized carbons (Fsp3) is 0.294. The molecule has 2 aromatic rings. The van der Waals surface area contributed by atoms with Crippen LogP contribution in [0.1, 0.15) is 25.0 Å². The fourth-order valence-electron chi connectivity index (χ4n) is 2.08. The Bertz CT molecular complexity index is 561. The van der Waals surface area contributed by atoms with Gasteiger partial charge in [0.1, 0.15) is 0 Å². The van der Waals surface area contributed by atoms with E-state index in [4.69, 9.17) is 11.6 Å². The standard InChI is InChI=1S/C17H20ClN/c1-12(2)19-11-15-8-7-13(3)9-17(15)14-5-4-6-16(18)10-14/h4-10,12,19H,11H2,1-3H3.